The number of amides is 2. The van der Waals surface area contributed by atoms with E-state index in [1.807, 2.05) is 22.8 Å². The fourth-order valence-corrected chi connectivity index (χ4v) is 5.51. The van der Waals surface area contributed by atoms with Gasteiger partial charge in [0.05, 0.1) is 11.6 Å². The number of hydrogen-bond donors (Lipinski definition) is 2. The third kappa shape index (κ3) is 5.89. The molecule has 0 radical (unpaired) electrons. The molecule has 0 saturated heterocycles. The zero-order chi connectivity index (χ0) is 27.1. The Morgan fingerprint density at radius 1 is 1.19 bits per heavy atom. The van der Waals surface area contributed by atoms with Crippen molar-refractivity contribution in [3.05, 3.63) is 52.1 Å². The molecule has 0 bridgehead atoms. The van der Waals surface area contributed by atoms with E-state index in [1.165, 1.54) is 6.92 Å². The SMILES string of the molecule is CC(=O)NC1C=CC(C(=O)NC2CC(c3ccc4c(n3)n(C)c(=O)n4CC(C)(C)C)CCC2(C)C)=CC1. The van der Waals surface area contributed by atoms with Crippen molar-refractivity contribution in [2.75, 3.05) is 0 Å². The van der Waals surface area contributed by atoms with Crippen LogP contribution in [0.25, 0.3) is 11.2 Å². The van der Waals surface area contributed by atoms with Crippen LogP contribution in [0.2, 0.25) is 0 Å². The van der Waals surface area contributed by atoms with E-state index in [0.29, 0.717) is 24.2 Å². The Labute approximate surface area is 219 Å². The van der Waals surface area contributed by atoms with Crippen LogP contribution in [0.3, 0.4) is 0 Å². The largest absolute Gasteiger partial charge is 0.350 e. The molecular formula is C29H41N5O3. The minimum atomic E-state index is -0.0821. The summed E-state index contributed by atoms with van der Waals surface area (Å²) in [4.78, 5) is 42.3. The fraction of sp³-hybridized carbons (Fsp3) is 0.586. The lowest BCUT2D eigenvalue weighted by Crippen LogP contribution is -2.48. The van der Waals surface area contributed by atoms with Crippen molar-refractivity contribution >= 4 is 23.0 Å². The zero-order valence-electron chi connectivity index (χ0n) is 23.2. The van der Waals surface area contributed by atoms with Gasteiger partial charge < -0.3 is 10.6 Å². The maximum Gasteiger partial charge on any atom is 0.330 e. The molecule has 2 heterocycles. The third-order valence-electron chi connectivity index (χ3n) is 7.71. The summed E-state index contributed by atoms with van der Waals surface area (Å²) in [6.07, 6.45) is 8.90. The number of aromatic nitrogens is 3. The first-order chi connectivity index (χ1) is 17.2. The molecule has 2 aromatic heterocycles. The Balaban J connectivity index is 1.52. The third-order valence-corrected chi connectivity index (χ3v) is 7.71. The molecule has 2 N–H and O–H groups in total. The monoisotopic (exact) mass is 507 g/mol. The van der Waals surface area contributed by atoms with Crippen LogP contribution in [0.4, 0.5) is 0 Å². The number of carbonyl (C=O) groups excluding carboxylic acids is 2. The summed E-state index contributed by atoms with van der Waals surface area (Å²) < 4.78 is 3.47. The highest BCUT2D eigenvalue weighted by Gasteiger charge is 2.38. The average molecular weight is 508 g/mol. The Morgan fingerprint density at radius 3 is 2.54 bits per heavy atom. The van der Waals surface area contributed by atoms with Crippen LogP contribution in [0.1, 0.15) is 78.8 Å². The Bertz CT molecular complexity index is 1320. The van der Waals surface area contributed by atoms with Crippen LogP contribution in [0.5, 0.6) is 0 Å². The quantitative estimate of drug-likeness (QED) is 0.640. The molecule has 0 aliphatic heterocycles. The van der Waals surface area contributed by atoms with Gasteiger partial charge in [-0.1, -0.05) is 52.8 Å². The van der Waals surface area contributed by atoms with E-state index in [9.17, 15) is 14.4 Å². The first kappa shape index (κ1) is 26.9. The molecule has 0 aromatic carbocycles. The highest BCUT2D eigenvalue weighted by atomic mass is 16.2. The van der Waals surface area contributed by atoms with E-state index >= 15 is 0 Å². The van der Waals surface area contributed by atoms with Crippen molar-refractivity contribution in [3.8, 4) is 0 Å². The number of hydrogen-bond acceptors (Lipinski definition) is 4. The minimum absolute atomic E-state index is 0.00655. The molecule has 37 heavy (non-hydrogen) atoms. The molecule has 8 nitrogen and oxygen atoms in total. The van der Waals surface area contributed by atoms with Crippen molar-refractivity contribution in [3.63, 3.8) is 0 Å². The van der Waals surface area contributed by atoms with E-state index in [0.717, 1.165) is 30.5 Å². The summed E-state index contributed by atoms with van der Waals surface area (Å²) in [5, 5.41) is 6.15. The number of pyridine rings is 1. The molecule has 2 aliphatic carbocycles. The number of fused-ring (bicyclic) bond motifs is 1. The summed E-state index contributed by atoms with van der Waals surface area (Å²) in [6, 6.07) is 4.01. The van der Waals surface area contributed by atoms with Crippen molar-refractivity contribution < 1.29 is 9.59 Å². The summed E-state index contributed by atoms with van der Waals surface area (Å²) in [7, 11) is 1.79. The molecule has 2 aromatic rings. The van der Waals surface area contributed by atoms with Crippen LogP contribution in [0.15, 0.2) is 40.7 Å². The Kier molecular flexibility index (Phi) is 7.23. The smallest absolute Gasteiger partial charge is 0.330 e. The van der Waals surface area contributed by atoms with Gasteiger partial charge in [0, 0.05) is 43.7 Å². The minimum Gasteiger partial charge on any atom is -0.350 e. The van der Waals surface area contributed by atoms with E-state index < -0.39 is 0 Å². The van der Waals surface area contributed by atoms with Crippen molar-refractivity contribution in [2.45, 2.75) is 91.8 Å². The molecule has 1 fully saturated rings. The molecule has 3 unspecified atom stereocenters. The standard InChI is InChI=1S/C29H41N5O3/c1-18(35)30-21-10-8-19(9-11-21)26(36)32-24-16-20(14-15-29(24,5)6)22-12-13-23-25(31-22)33(7)27(37)34(23)17-28(2,3)4/h8-10,12-13,20-21,24H,11,14-17H2,1-7H3,(H,30,35)(H,32,36). The van der Waals surface area contributed by atoms with Gasteiger partial charge in [-0.05, 0) is 48.6 Å². The van der Waals surface area contributed by atoms with Crippen LogP contribution < -0.4 is 16.3 Å². The molecule has 1 saturated carbocycles. The molecule has 0 spiro atoms. The second-order valence-electron chi connectivity index (χ2n) is 12.6. The van der Waals surface area contributed by atoms with Crippen LogP contribution in [-0.4, -0.2) is 38.0 Å². The summed E-state index contributed by atoms with van der Waals surface area (Å²) in [5.74, 6) is 0.0358. The topological polar surface area (TPSA) is 98.0 Å². The highest BCUT2D eigenvalue weighted by molar-refractivity contribution is 5.96. The van der Waals surface area contributed by atoms with Crippen molar-refractivity contribution in [1.82, 2.24) is 24.8 Å². The van der Waals surface area contributed by atoms with Gasteiger partial charge in [-0.3, -0.25) is 18.7 Å². The molecule has 8 heteroatoms. The van der Waals surface area contributed by atoms with Gasteiger partial charge in [-0.25, -0.2) is 9.78 Å². The molecule has 2 amide bonds. The number of nitrogens with zero attached hydrogens (tertiary/aromatic N) is 3. The number of nitrogens with one attached hydrogen (secondary N) is 2. The zero-order valence-corrected chi connectivity index (χ0v) is 23.2. The molecular weight excluding hydrogens is 466 g/mol. The van der Waals surface area contributed by atoms with Crippen LogP contribution >= 0.6 is 0 Å². The summed E-state index contributed by atoms with van der Waals surface area (Å²) >= 11 is 0. The Morgan fingerprint density at radius 2 is 1.92 bits per heavy atom. The number of aryl methyl sites for hydroxylation is 1. The van der Waals surface area contributed by atoms with E-state index in [4.69, 9.17) is 4.98 Å². The first-order valence-corrected chi connectivity index (χ1v) is 13.3. The summed E-state index contributed by atoms with van der Waals surface area (Å²) in [6.45, 7) is 12.9. The predicted octanol–water partition coefficient (Wildman–Crippen LogP) is 3.95. The number of rotatable bonds is 5. The highest BCUT2D eigenvalue weighted by Crippen LogP contribution is 2.42. The second kappa shape index (κ2) is 9.95. The normalized spacial score (nSPS) is 23.5. The van der Waals surface area contributed by atoms with Gasteiger partial charge in [-0.15, -0.1) is 0 Å². The van der Waals surface area contributed by atoms with Gasteiger partial charge in [0.15, 0.2) is 5.65 Å². The number of imidazole rings is 1. The lowest BCUT2D eigenvalue weighted by atomic mass is 9.68. The first-order valence-electron chi connectivity index (χ1n) is 13.3. The second-order valence-corrected chi connectivity index (χ2v) is 12.6. The Hall–Kier alpha value is -3.16. The lowest BCUT2D eigenvalue weighted by Gasteiger charge is -2.42. The van der Waals surface area contributed by atoms with Gasteiger partial charge in [0.1, 0.15) is 0 Å². The van der Waals surface area contributed by atoms with Crippen molar-refractivity contribution in [2.24, 2.45) is 17.9 Å². The van der Waals surface area contributed by atoms with Gasteiger partial charge in [-0.2, -0.15) is 0 Å². The average Bonchev–Trinajstić information content (AvgIpc) is 3.03. The fourth-order valence-electron chi connectivity index (χ4n) is 5.51. The predicted molar refractivity (Wildman–Crippen MR) is 146 cm³/mol. The van der Waals surface area contributed by atoms with E-state index in [-0.39, 0.29) is 46.3 Å². The maximum absolute atomic E-state index is 13.1. The lowest BCUT2D eigenvalue weighted by molar-refractivity contribution is -0.119. The molecule has 4 rings (SSSR count). The molecule has 2 aliphatic rings. The van der Waals surface area contributed by atoms with Crippen molar-refractivity contribution in [1.29, 1.82) is 0 Å². The number of carbonyl (C=O) groups is 2. The van der Waals surface area contributed by atoms with Crippen LogP contribution in [0, 0.1) is 10.8 Å². The van der Waals surface area contributed by atoms with Crippen LogP contribution in [-0.2, 0) is 23.2 Å². The molecule has 200 valence electrons. The molecule has 3 atom stereocenters. The summed E-state index contributed by atoms with van der Waals surface area (Å²) in [5.41, 5.74) is 3.07. The van der Waals surface area contributed by atoms with E-state index in [1.54, 1.807) is 17.7 Å². The van der Waals surface area contributed by atoms with E-state index in [2.05, 4.69) is 51.3 Å². The maximum atomic E-state index is 13.1. The van der Waals surface area contributed by atoms with Gasteiger partial charge >= 0.3 is 5.69 Å². The van der Waals surface area contributed by atoms with Gasteiger partial charge in [0.25, 0.3) is 5.91 Å². The van der Waals surface area contributed by atoms with Gasteiger partial charge in [0.2, 0.25) is 5.91 Å².